The molecule has 0 saturated carbocycles. The number of carboxylic acid groups (broad SMARTS) is 4. The van der Waals surface area contributed by atoms with Crippen molar-refractivity contribution in [3.8, 4) is 50.6 Å². The third-order valence-electron chi connectivity index (χ3n) is 18.9. The van der Waals surface area contributed by atoms with Gasteiger partial charge in [-0.3, -0.25) is 4.79 Å². The van der Waals surface area contributed by atoms with Crippen molar-refractivity contribution >= 4 is 86.5 Å². The zero-order valence-electron chi connectivity index (χ0n) is 61.8. The monoisotopic (exact) mass is 1560 g/mol. The maximum absolute atomic E-state index is 13.8. The summed E-state index contributed by atoms with van der Waals surface area (Å²) in [5.41, 5.74) is 8.56. The van der Waals surface area contributed by atoms with Gasteiger partial charge in [0, 0.05) is 22.7 Å². The van der Waals surface area contributed by atoms with Crippen molar-refractivity contribution in [3.63, 3.8) is 0 Å². The van der Waals surface area contributed by atoms with Crippen LogP contribution in [0.25, 0.3) is 38.2 Å². The number of esters is 1. The molecule has 8 aromatic rings. The van der Waals surface area contributed by atoms with Crippen LogP contribution in [0.5, 0.6) is 28.7 Å². The molecule has 4 N–H and O–H groups in total. The first-order valence-electron chi connectivity index (χ1n) is 37.4. The first kappa shape index (κ1) is 83.7. The van der Waals surface area contributed by atoms with E-state index in [2.05, 4.69) is 29.5 Å². The molecule has 23 heteroatoms. The molecule has 6 aromatic carbocycles. The molecule has 4 aliphatic rings. The summed E-state index contributed by atoms with van der Waals surface area (Å²) >= 11 is 13.9. The minimum absolute atomic E-state index is 0.000313. The number of fused-ring (bicyclic) bond motifs is 1. The van der Waals surface area contributed by atoms with Crippen LogP contribution in [0, 0.1) is 5.82 Å². The van der Waals surface area contributed by atoms with Crippen LogP contribution in [0.2, 0.25) is 10.0 Å². The van der Waals surface area contributed by atoms with E-state index in [0.717, 1.165) is 103 Å². The Bertz CT molecular complexity index is 4530. The quantitative estimate of drug-likeness (QED) is 0.0132. The number of benzene rings is 6. The van der Waals surface area contributed by atoms with E-state index in [1.807, 2.05) is 48.5 Å². The standard InChI is InChI=1S/C23H23FO4.C23H23NO3S.C22H28O6.C19H19Cl2NO4/c24-20-9-5-4-8-19(20)22(25)17-11-13-18(14-12-17)28-21(23(26)27)15-10-16-6-2-1-3-7-16;25-23(26)20(15-14-16-8-2-1-3-9-16)27-19-12-6-4-10-17(19)22-24-18-11-5-7-13-21(18)28-22;1-3-27-21(23)14-11-17-10-12-18(20(15-17)26-2)28-19(22(24)25)13-9-16-7-5-4-6-8-16;20-13-10-14(16-8-9-22-26-16)18(15(21)11-13)25-17(19(23)24)7-6-12-4-2-1-3-5-12/h4-6,8-9,11-14,21H,1-3,7,10,15H2,(H,26,27);4-8,10-13,20H,1-3,9,14-15H2,(H,25,26);7,10-12,14-15,19H,3-6,8-9,13H2,1-2H3,(H,24,25);4,8-11,17H,1-3,5-7H2,(H,23,24)/b;;14-11+;. The molecule has 2 aromatic heterocycles. The minimum atomic E-state index is -1.03. The van der Waals surface area contributed by atoms with E-state index < -0.39 is 65.9 Å². The van der Waals surface area contributed by atoms with Crippen LogP contribution in [0.15, 0.2) is 197 Å². The van der Waals surface area contributed by atoms with E-state index >= 15 is 0 Å². The number of aliphatic carboxylic acids is 4. The van der Waals surface area contributed by atoms with Gasteiger partial charge >= 0.3 is 29.8 Å². The van der Waals surface area contributed by atoms with Crippen molar-refractivity contribution < 1.29 is 86.5 Å². The Morgan fingerprint density at radius 2 is 1.07 bits per heavy atom. The number of ketones is 1. The molecule has 0 spiro atoms. The lowest BCUT2D eigenvalue weighted by molar-refractivity contribution is -0.146. The molecule has 4 unspecified atom stereocenters. The van der Waals surface area contributed by atoms with Crippen molar-refractivity contribution in [1.29, 1.82) is 0 Å². The number of carboxylic acids is 4. The zero-order chi connectivity index (χ0) is 78.2. The van der Waals surface area contributed by atoms with Crippen molar-refractivity contribution in [2.24, 2.45) is 0 Å². The number of carbonyl (C=O) groups excluding carboxylic acids is 2. The van der Waals surface area contributed by atoms with Crippen LogP contribution in [-0.2, 0) is 28.7 Å². The molecule has 0 amide bonds. The maximum Gasteiger partial charge on any atom is 0.344 e. The Kier molecular flexibility index (Phi) is 33.3. The highest BCUT2D eigenvalue weighted by Crippen LogP contribution is 2.42. The summed E-state index contributed by atoms with van der Waals surface area (Å²) in [6, 6.07) is 37.3. The summed E-state index contributed by atoms with van der Waals surface area (Å²) < 4.78 is 53.4. The second-order valence-corrected chi connectivity index (χ2v) is 28.7. The molecule has 0 fully saturated rings. The predicted octanol–water partition coefficient (Wildman–Crippen LogP) is 21.4. The molecule has 0 radical (unpaired) electrons. The number of thiazole rings is 1. The van der Waals surface area contributed by atoms with Gasteiger partial charge < -0.3 is 53.4 Å². The van der Waals surface area contributed by atoms with Gasteiger partial charge in [0.1, 0.15) is 28.1 Å². The summed E-state index contributed by atoms with van der Waals surface area (Å²) in [4.78, 5) is 75.2. The topological polar surface area (TPSA) is 278 Å². The summed E-state index contributed by atoms with van der Waals surface area (Å²) in [7, 11) is 1.49. The molecular weight excluding hydrogens is 1470 g/mol. The normalized spacial score (nSPS) is 15.1. The third kappa shape index (κ3) is 26.2. The number of para-hydroxylation sites is 2. The lowest BCUT2D eigenvalue weighted by atomic mass is 9.95. The van der Waals surface area contributed by atoms with Crippen LogP contribution in [0.1, 0.15) is 183 Å². The molecule has 580 valence electrons. The predicted molar refractivity (Wildman–Crippen MR) is 423 cm³/mol. The van der Waals surface area contributed by atoms with E-state index in [1.165, 1.54) is 117 Å². The SMILES string of the molecule is CCOC(=O)/C=C/c1ccc(OC(CCC2=CCCCC2)C(=O)O)c(OC)c1.O=C(O)C(CCC1=CCCCC1)Oc1c(Cl)cc(Cl)cc1-c1ccno1.O=C(O)C(CCC1=CCCCC1)Oc1ccccc1-c1nc2ccccc2s1.O=C(c1ccc(OC(CCC2=CCCCC2)C(=O)O)cc1)c1ccccc1F. The highest BCUT2D eigenvalue weighted by atomic mass is 35.5. The molecule has 110 heavy (non-hydrogen) atoms. The fourth-order valence-corrected chi connectivity index (χ4v) is 14.5. The molecule has 19 nitrogen and oxygen atoms in total. The number of carbonyl (C=O) groups is 6. The summed E-state index contributed by atoms with van der Waals surface area (Å²) in [6.45, 7) is 2.05. The number of halogens is 3. The Labute approximate surface area is 654 Å². The summed E-state index contributed by atoms with van der Waals surface area (Å²) in [5, 5.41) is 43.4. The third-order valence-corrected chi connectivity index (χ3v) is 20.4. The molecule has 4 atom stereocenters. The average Bonchev–Trinajstić information content (AvgIpc) is 1.77. The highest BCUT2D eigenvalue weighted by molar-refractivity contribution is 7.21. The lowest BCUT2D eigenvalue weighted by Crippen LogP contribution is -2.27. The average molecular weight is 1560 g/mol. The van der Waals surface area contributed by atoms with Gasteiger partial charge in [-0.2, -0.15) is 0 Å². The van der Waals surface area contributed by atoms with Gasteiger partial charge in [0.05, 0.1) is 51.8 Å². The van der Waals surface area contributed by atoms with E-state index in [-0.39, 0.29) is 16.3 Å². The van der Waals surface area contributed by atoms with E-state index in [1.54, 1.807) is 72.9 Å². The van der Waals surface area contributed by atoms with E-state index in [0.29, 0.717) is 90.0 Å². The number of aromatic nitrogens is 2. The molecule has 0 aliphatic heterocycles. The van der Waals surface area contributed by atoms with Gasteiger partial charge in [-0.1, -0.05) is 117 Å². The number of hydrogen-bond donors (Lipinski definition) is 4. The number of allylic oxidation sites excluding steroid dienone is 8. The number of ether oxygens (including phenoxy) is 6. The minimum Gasteiger partial charge on any atom is -0.493 e. The lowest BCUT2D eigenvalue weighted by Gasteiger charge is -2.20. The first-order chi connectivity index (χ1) is 53.3. The van der Waals surface area contributed by atoms with Crippen LogP contribution >= 0.6 is 34.5 Å². The molecule has 0 bridgehead atoms. The van der Waals surface area contributed by atoms with Crippen molar-refractivity contribution in [2.45, 2.75) is 185 Å². The van der Waals surface area contributed by atoms with E-state index in [9.17, 15) is 53.6 Å². The van der Waals surface area contributed by atoms with Gasteiger partial charge in [-0.05, 0) is 258 Å². The van der Waals surface area contributed by atoms with Crippen molar-refractivity contribution in [1.82, 2.24) is 10.1 Å². The van der Waals surface area contributed by atoms with Crippen LogP contribution in [0.4, 0.5) is 4.39 Å². The van der Waals surface area contributed by atoms with Crippen LogP contribution < -0.4 is 23.7 Å². The highest BCUT2D eigenvalue weighted by Gasteiger charge is 2.28. The van der Waals surface area contributed by atoms with Gasteiger partial charge in [-0.25, -0.2) is 33.3 Å². The van der Waals surface area contributed by atoms with Crippen LogP contribution in [0.3, 0.4) is 0 Å². The second kappa shape index (κ2) is 43.7. The zero-order valence-corrected chi connectivity index (χ0v) is 64.1. The summed E-state index contributed by atoms with van der Waals surface area (Å²) in [6.07, 6.45) is 32.1. The number of rotatable bonds is 32. The Balaban J connectivity index is 0.000000169. The number of hydrogen-bond acceptors (Lipinski definition) is 16. The molecule has 2 heterocycles. The number of methoxy groups -OCH3 is 1. The Morgan fingerprint density at radius 1 is 0.555 bits per heavy atom. The molecular formula is C87H93Cl2FN2O17S. The Morgan fingerprint density at radius 3 is 1.58 bits per heavy atom. The maximum atomic E-state index is 13.8. The molecule has 12 rings (SSSR count). The summed E-state index contributed by atoms with van der Waals surface area (Å²) in [5.74, 6) is -3.03. The first-order valence-corrected chi connectivity index (χ1v) is 39.0. The van der Waals surface area contributed by atoms with Gasteiger partial charge in [0.2, 0.25) is 0 Å². The van der Waals surface area contributed by atoms with Gasteiger partial charge in [0.15, 0.2) is 47.5 Å². The number of nitrogens with zero attached hydrogens (tertiary/aromatic N) is 2. The van der Waals surface area contributed by atoms with E-state index in [4.69, 9.17) is 61.1 Å². The molecule has 4 aliphatic carbocycles. The van der Waals surface area contributed by atoms with Crippen molar-refractivity contribution in [3.05, 3.63) is 225 Å². The Hall–Kier alpha value is -10.4. The largest absolute Gasteiger partial charge is 0.493 e. The fourth-order valence-electron chi connectivity index (χ4n) is 13.0. The van der Waals surface area contributed by atoms with Gasteiger partial charge in [-0.15, -0.1) is 11.3 Å². The van der Waals surface area contributed by atoms with Crippen LogP contribution in [-0.4, -0.2) is 104 Å². The van der Waals surface area contributed by atoms with Crippen molar-refractivity contribution in [2.75, 3.05) is 13.7 Å². The molecule has 0 saturated heterocycles. The fraction of sp³-hybridized carbons (Fsp3) is 0.356. The second-order valence-electron chi connectivity index (χ2n) is 26.8. The van der Waals surface area contributed by atoms with Gasteiger partial charge in [0.25, 0.3) is 0 Å². The smallest absolute Gasteiger partial charge is 0.344 e.